The molecule has 0 bridgehead atoms. The predicted octanol–water partition coefficient (Wildman–Crippen LogP) is 3.41. The van der Waals surface area contributed by atoms with E-state index in [1.54, 1.807) is 25.0 Å². The first-order valence-corrected chi connectivity index (χ1v) is 13.2. The molecule has 2 aliphatic carbocycles. The van der Waals surface area contributed by atoms with E-state index in [4.69, 9.17) is 9.47 Å². The molecule has 206 valence electrons. The zero-order valence-corrected chi connectivity index (χ0v) is 22.1. The van der Waals surface area contributed by atoms with Gasteiger partial charge in [0.05, 0.1) is 0 Å². The highest BCUT2D eigenvalue weighted by molar-refractivity contribution is 5.68. The molecule has 3 fully saturated rings. The zero-order valence-electron chi connectivity index (χ0n) is 22.1. The summed E-state index contributed by atoms with van der Waals surface area (Å²) in [5.74, 6) is -4.09. The van der Waals surface area contributed by atoms with Crippen molar-refractivity contribution in [3.63, 3.8) is 0 Å². The largest absolute Gasteiger partial charge is 0.461 e. The lowest BCUT2D eigenvalue weighted by Crippen LogP contribution is -2.39. The van der Waals surface area contributed by atoms with Crippen LogP contribution in [0.1, 0.15) is 62.5 Å². The van der Waals surface area contributed by atoms with Gasteiger partial charge in [0.2, 0.25) is 0 Å². The van der Waals surface area contributed by atoms with Gasteiger partial charge >= 0.3 is 12.1 Å². The maximum Gasteiger partial charge on any atom is 0.410 e. The third-order valence-corrected chi connectivity index (χ3v) is 8.22. The van der Waals surface area contributed by atoms with Crippen molar-refractivity contribution in [1.29, 1.82) is 0 Å². The second-order valence-corrected chi connectivity index (χ2v) is 10.6. The standard InChI is InChI=1S/C26H34F2N6O4/c1-5-21-18(22-7-6-17(12-30-22)38-14(2)35)8-15(11-29-21)24-23(34(4)32-31-24)13-37-25(36)33(3)16-9-19-20(10-16)26(19,27)28/h8,11,16-17,19-20,22,30H,5-7,9-10,12-13H2,1-4H3/t16?,17-,19-,20+,22?/m1/s1. The molecule has 0 radical (unpaired) electrons. The van der Waals surface area contributed by atoms with Crippen LogP contribution in [0.2, 0.25) is 0 Å². The van der Waals surface area contributed by atoms with Gasteiger partial charge in [-0.25, -0.2) is 18.3 Å². The number of piperidine rings is 1. The van der Waals surface area contributed by atoms with Gasteiger partial charge in [0, 0.05) is 68.9 Å². The molecular weight excluding hydrogens is 498 g/mol. The van der Waals surface area contributed by atoms with Crippen LogP contribution >= 0.6 is 0 Å². The van der Waals surface area contributed by atoms with E-state index in [0.29, 0.717) is 30.8 Å². The molecule has 1 N–H and O–H groups in total. The van der Waals surface area contributed by atoms with E-state index < -0.39 is 23.9 Å². The molecule has 2 aromatic heterocycles. The predicted molar refractivity (Wildman–Crippen MR) is 132 cm³/mol. The normalized spacial score (nSPS) is 27.5. The summed E-state index contributed by atoms with van der Waals surface area (Å²) in [7, 11) is 3.32. The van der Waals surface area contributed by atoms with Crippen LogP contribution in [-0.4, -0.2) is 68.6 Å². The van der Waals surface area contributed by atoms with E-state index in [1.165, 1.54) is 11.8 Å². The van der Waals surface area contributed by atoms with E-state index in [2.05, 4.69) is 27.5 Å². The van der Waals surface area contributed by atoms with E-state index in [0.717, 1.165) is 36.1 Å². The lowest BCUT2D eigenvalue weighted by Gasteiger charge is -2.30. The number of carbonyl (C=O) groups is 2. The van der Waals surface area contributed by atoms with Crippen molar-refractivity contribution in [1.82, 2.24) is 30.2 Å². The second kappa shape index (κ2) is 10.2. The summed E-state index contributed by atoms with van der Waals surface area (Å²) in [6.45, 7) is 3.97. The molecule has 2 aromatic rings. The Balaban J connectivity index is 1.27. The maximum atomic E-state index is 13.5. The van der Waals surface area contributed by atoms with Gasteiger partial charge in [-0.2, -0.15) is 0 Å². The summed E-state index contributed by atoms with van der Waals surface area (Å²) >= 11 is 0. The topological polar surface area (TPSA) is 111 Å². The molecule has 5 atom stereocenters. The smallest absolute Gasteiger partial charge is 0.410 e. The van der Waals surface area contributed by atoms with Crippen molar-refractivity contribution in [2.45, 2.75) is 76.7 Å². The summed E-state index contributed by atoms with van der Waals surface area (Å²) in [5, 5.41) is 11.9. The number of hydrogen-bond donors (Lipinski definition) is 1. The number of alkyl halides is 2. The van der Waals surface area contributed by atoms with Gasteiger partial charge in [0.25, 0.3) is 5.92 Å². The number of ether oxygens (including phenoxy) is 2. The number of fused-ring (bicyclic) bond motifs is 1. The molecule has 0 aromatic carbocycles. The van der Waals surface area contributed by atoms with Crippen LogP contribution < -0.4 is 5.32 Å². The number of aryl methyl sites for hydroxylation is 2. The van der Waals surface area contributed by atoms with Crippen LogP contribution in [0.15, 0.2) is 12.3 Å². The fraction of sp³-hybridized carbons (Fsp3) is 0.654. The van der Waals surface area contributed by atoms with Gasteiger partial charge in [-0.1, -0.05) is 12.1 Å². The molecule has 1 amide bonds. The Morgan fingerprint density at radius 2 is 2.00 bits per heavy atom. The average molecular weight is 533 g/mol. The van der Waals surface area contributed by atoms with Crippen LogP contribution in [0.3, 0.4) is 0 Å². The Morgan fingerprint density at radius 3 is 2.63 bits per heavy atom. The quantitative estimate of drug-likeness (QED) is 0.540. The Bertz CT molecular complexity index is 1200. The number of rotatable bonds is 7. The third kappa shape index (κ3) is 4.97. The minimum absolute atomic E-state index is 0.0563. The van der Waals surface area contributed by atoms with Crippen molar-refractivity contribution in [2.75, 3.05) is 13.6 Å². The summed E-state index contributed by atoms with van der Waals surface area (Å²) in [4.78, 5) is 30.1. The maximum absolute atomic E-state index is 13.5. The van der Waals surface area contributed by atoms with Gasteiger partial charge in [-0.15, -0.1) is 5.10 Å². The van der Waals surface area contributed by atoms with Gasteiger partial charge in [0.15, 0.2) is 0 Å². The van der Waals surface area contributed by atoms with Crippen molar-refractivity contribution in [3.05, 3.63) is 29.2 Å². The summed E-state index contributed by atoms with van der Waals surface area (Å²) < 4.78 is 39.5. The molecule has 5 rings (SSSR count). The number of amides is 1. The molecule has 3 heterocycles. The number of hydrogen-bond acceptors (Lipinski definition) is 8. The monoisotopic (exact) mass is 532 g/mol. The molecular formula is C26H34F2N6O4. The number of esters is 1. The molecule has 10 nitrogen and oxygen atoms in total. The van der Waals surface area contributed by atoms with Crippen LogP contribution in [0.5, 0.6) is 0 Å². The summed E-state index contributed by atoms with van der Waals surface area (Å²) in [5.41, 5.74) is 3.95. The fourth-order valence-corrected chi connectivity index (χ4v) is 5.91. The number of carbonyl (C=O) groups excluding carboxylic acids is 2. The molecule has 0 spiro atoms. The van der Waals surface area contributed by atoms with E-state index in [9.17, 15) is 18.4 Å². The first-order chi connectivity index (χ1) is 18.1. The lowest BCUT2D eigenvalue weighted by atomic mass is 9.93. The van der Waals surface area contributed by atoms with Crippen LogP contribution in [0.25, 0.3) is 11.3 Å². The fourth-order valence-electron chi connectivity index (χ4n) is 5.91. The SMILES string of the molecule is CCc1ncc(-c2nnn(C)c2COC(=O)N(C)C2C[C@@H]3[C@H](C2)C3(F)F)cc1C1CC[C@@H](OC(C)=O)CN1. The van der Waals surface area contributed by atoms with E-state index in [1.807, 2.05) is 6.07 Å². The minimum Gasteiger partial charge on any atom is -0.461 e. The van der Waals surface area contributed by atoms with Gasteiger partial charge in [-0.05, 0) is 43.7 Å². The second-order valence-electron chi connectivity index (χ2n) is 10.6. The lowest BCUT2D eigenvalue weighted by molar-refractivity contribution is -0.147. The van der Waals surface area contributed by atoms with Gasteiger partial charge in [-0.3, -0.25) is 9.78 Å². The average Bonchev–Trinajstić information content (AvgIpc) is 3.26. The van der Waals surface area contributed by atoms with Crippen molar-refractivity contribution in [3.8, 4) is 11.3 Å². The summed E-state index contributed by atoms with van der Waals surface area (Å²) in [6.07, 6.45) is 3.96. The number of nitrogens with one attached hydrogen (secondary N) is 1. The molecule has 38 heavy (non-hydrogen) atoms. The van der Waals surface area contributed by atoms with Gasteiger partial charge < -0.3 is 19.7 Å². The van der Waals surface area contributed by atoms with Crippen LogP contribution in [0.4, 0.5) is 13.6 Å². The van der Waals surface area contributed by atoms with Crippen molar-refractivity contribution >= 4 is 12.1 Å². The third-order valence-electron chi connectivity index (χ3n) is 8.22. The molecule has 12 heteroatoms. The van der Waals surface area contributed by atoms with Crippen molar-refractivity contribution in [2.24, 2.45) is 18.9 Å². The van der Waals surface area contributed by atoms with E-state index in [-0.39, 0.29) is 30.8 Å². The number of nitrogens with zero attached hydrogens (tertiary/aromatic N) is 5. The number of halogens is 2. The highest BCUT2D eigenvalue weighted by atomic mass is 19.3. The molecule has 2 unspecified atom stereocenters. The Morgan fingerprint density at radius 1 is 1.26 bits per heavy atom. The summed E-state index contributed by atoms with van der Waals surface area (Å²) in [6, 6.07) is 1.86. The Hall–Kier alpha value is -3.15. The van der Waals surface area contributed by atoms with E-state index >= 15 is 0 Å². The van der Waals surface area contributed by atoms with Gasteiger partial charge in [0.1, 0.15) is 24.1 Å². The zero-order chi connectivity index (χ0) is 27.2. The van der Waals surface area contributed by atoms with Crippen LogP contribution in [-0.2, 0) is 34.3 Å². The highest BCUT2D eigenvalue weighted by Gasteiger charge is 2.72. The molecule has 1 aliphatic heterocycles. The molecule has 2 saturated carbocycles. The highest BCUT2D eigenvalue weighted by Crippen LogP contribution is 2.64. The minimum atomic E-state index is -2.58. The first kappa shape index (κ1) is 26.5. The Labute approximate surface area is 220 Å². The van der Waals surface area contributed by atoms with Crippen molar-refractivity contribution < 1.29 is 27.8 Å². The Kier molecular flexibility index (Phi) is 7.10. The first-order valence-electron chi connectivity index (χ1n) is 13.2. The van der Waals surface area contributed by atoms with Crippen LogP contribution in [0, 0.1) is 11.8 Å². The number of aromatic nitrogens is 4. The molecule has 3 aliphatic rings. The number of pyridine rings is 1. The molecule has 1 saturated heterocycles.